The molecule has 0 aromatic heterocycles. The SMILES string of the molecule is N#Cc1cccc(C2CC(O)C2)c1. The molecule has 13 heavy (non-hydrogen) atoms. The molecule has 1 N–H and O–H groups in total. The van der Waals surface area contributed by atoms with Gasteiger partial charge < -0.3 is 5.11 Å². The minimum absolute atomic E-state index is 0.129. The van der Waals surface area contributed by atoms with Crippen LogP contribution in [0.15, 0.2) is 24.3 Å². The standard InChI is InChI=1S/C11H11NO/c12-7-8-2-1-3-9(4-8)10-5-11(13)6-10/h1-4,10-11,13H,5-6H2. The van der Waals surface area contributed by atoms with Crippen molar-refractivity contribution in [2.45, 2.75) is 24.9 Å². The predicted molar refractivity (Wildman–Crippen MR) is 49.1 cm³/mol. The predicted octanol–water partition coefficient (Wildman–Crippen LogP) is 1.80. The minimum Gasteiger partial charge on any atom is -0.393 e. The summed E-state index contributed by atoms with van der Waals surface area (Å²) >= 11 is 0. The smallest absolute Gasteiger partial charge is 0.0991 e. The van der Waals surface area contributed by atoms with Crippen molar-refractivity contribution in [3.63, 3.8) is 0 Å². The quantitative estimate of drug-likeness (QED) is 0.703. The first-order valence-electron chi connectivity index (χ1n) is 4.47. The molecule has 1 saturated carbocycles. The molecule has 2 rings (SSSR count). The van der Waals surface area contributed by atoms with E-state index in [9.17, 15) is 0 Å². The van der Waals surface area contributed by atoms with Crippen molar-refractivity contribution in [3.05, 3.63) is 35.4 Å². The van der Waals surface area contributed by atoms with Crippen LogP contribution in [-0.4, -0.2) is 11.2 Å². The molecule has 1 fully saturated rings. The van der Waals surface area contributed by atoms with Gasteiger partial charge in [0, 0.05) is 0 Å². The number of aliphatic hydroxyl groups is 1. The third-order valence-electron chi connectivity index (χ3n) is 2.60. The Morgan fingerprint density at radius 2 is 2.15 bits per heavy atom. The summed E-state index contributed by atoms with van der Waals surface area (Å²) in [6, 6.07) is 9.76. The highest BCUT2D eigenvalue weighted by Crippen LogP contribution is 2.36. The van der Waals surface area contributed by atoms with Gasteiger partial charge in [0.15, 0.2) is 0 Å². The minimum atomic E-state index is -0.129. The highest BCUT2D eigenvalue weighted by atomic mass is 16.3. The van der Waals surface area contributed by atoms with Crippen molar-refractivity contribution in [1.82, 2.24) is 0 Å². The molecule has 0 atom stereocenters. The average molecular weight is 173 g/mol. The van der Waals surface area contributed by atoms with E-state index >= 15 is 0 Å². The largest absolute Gasteiger partial charge is 0.393 e. The molecule has 1 aromatic carbocycles. The molecule has 0 amide bonds. The van der Waals surface area contributed by atoms with E-state index in [4.69, 9.17) is 10.4 Å². The fourth-order valence-corrected chi connectivity index (χ4v) is 1.72. The molecule has 0 heterocycles. The number of aliphatic hydroxyl groups excluding tert-OH is 1. The molecule has 1 aliphatic rings. The molecule has 0 radical (unpaired) electrons. The van der Waals surface area contributed by atoms with E-state index in [0.717, 1.165) is 12.8 Å². The molecule has 2 heteroatoms. The van der Waals surface area contributed by atoms with Crippen molar-refractivity contribution in [2.24, 2.45) is 0 Å². The van der Waals surface area contributed by atoms with Crippen LogP contribution in [0.3, 0.4) is 0 Å². The van der Waals surface area contributed by atoms with Crippen molar-refractivity contribution in [1.29, 1.82) is 5.26 Å². The van der Waals surface area contributed by atoms with Crippen LogP contribution >= 0.6 is 0 Å². The number of hydrogen-bond acceptors (Lipinski definition) is 2. The number of rotatable bonds is 1. The van der Waals surface area contributed by atoms with Gasteiger partial charge in [-0.3, -0.25) is 0 Å². The summed E-state index contributed by atoms with van der Waals surface area (Å²) in [5.74, 6) is 0.461. The highest BCUT2D eigenvalue weighted by molar-refractivity contribution is 5.35. The first-order chi connectivity index (χ1) is 6.29. The Morgan fingerprint density at radius 1 is 1.38 bits per heavy atom. The summed E-state index contributed by atoms with van der Waals surface area (Å²) in [4.78, 5) is 0. The van der Waals surface area contributed by atoms with E-state index < -0.39 is 0 Å². The van der Waals surface area contributed by atoms with Gasteiger partial charge in [0.05, 0.1) is 17.7 Å². The van der Waals surface area contributed by atoms with Gasteiger partial charge in [-0.05, 0) is 36.5 Å². The van der Waals surface area contributed by atoms with Crippen LogP contribution in [0.1, 0.15) is 29.9 Å². The fourth-order valence-electron chi connectivity index (χ4n) is 1.72. The van der Waals surface area contributed by atoms with Crippen molar-refractivity contribution in [3.8, 4) is 6.07 Å². The van der Waals surface area contributed by atoms with Crippen molar-refractivity contribution >= 4 is 0 Å². The zero-order chi connectivity index (χ0) is 9.26. The van der Waals surface area contributed by atoms with E-state index in [0.29, 0.717) is 11.5 Å². The third-order valence-corrected chi connectivity index (χ3v) is 2.60. The van der Waals surface area contributed by atoms with Crippen molar-refractivity contribution < 1.29 is 5.11 Å². The van der Waals surface area contributed by atoms with E-state index in [2.05, 4.69) is 6.07 Å². The molecule has 66 valence electrons. The van der Waals surface area contributed by atoms with E-state index in [-0.39, 0.29) is 6.10 Å². The van der Waals surface area contributed by atoms with Crippen LogP contribution in [0, 0.1) is 11.3 Å². The Hall–Kier alpha value is -1.33. The van der Waals surface area contributed by atoms with Gasteiger partial charge in [0.2, 0.25) is 0 Å². The Morgan fingerprint density at radius 3 is 2.77 bits per heavy atom. The maximum atomic E-state index is 9.14. The first kappa shape index (κ1) is 8.28. The number of hydrogen-bond donors (Lipinski definition) is 1. The normalized spacial score (nSPS) is 26.2. The van der Waals surface area contributed by atoms with Crippen LogP contribution in [0.2, 0.25) is 0 Å². The summed E-state index contributed by atoms with van der Waals surface area (Å²) in [6.45, 7) is 0. The topological polar surface area (TPSA) is 44.0 Å². The zero-order valence-electron chi connectivity index (χ0n) is 7.27. The highest BCUT2D eigenvalue weighted by Gasteiger charge is 2.28. The van der Waals surface area contributed by atoms with E-state index in [1.165, 1.54) is 5.56 Å². The van der Waals surface area contributed by atoms with Gasteiger partial charge in [0.1, 0.15) is 0 Å². The Labute approximate surface area is 77.4 Å². The number of nitrogens with zero attached hydrogens (tertiary/aromatic N) is 1. The molecule has 0 unspecified atom stereocenters. The lowest BCUT2D eigenvalue weighted by Gasteiger charge is -2.31. The Bertz CT molecular complexity index is 347. The van der Waals surface area contributed by atoms with Gasteiger partial charge in [0.25, 0.3) is 0 Å². The van der Waals surface area contributed by atoms with Crippen molar-refractivity contribution in [2.75, 3.05) is 0 Å². The molecule has 0 bridgehead atoms. The van der Waals surface area contributed by atoms with Gasteiger partial charge in [-0.1, -0.05) is 12.1 Å². The second-order valence-corrected chi connectivity index (χ2v) is 3.56. The number of nitriles is 1. The van der Waals surface area contributed by atoms with Crippen LogP contribution in [-0.2, 0) is 0 Å². The number of benzene rings is 1. The molecule has 0 saturated heterocycles. The summed E-state index contributed by atoms with van der Waals surface area (Å²) in [7, 11) is 0. The molecule has 1 aliphatic carbocycles. The second-order valence-electron chi connectivity index (χ2n) is 3.56. The first-order valence-corrected chi connectivity index (χ1v) is 4.47. The van der Waals surface area contributed by atoms with Crippen LogP contribution < -0.4 is 0 Å². The lowest BCUT2D eigenvalue weighted by atomic mass is 9.77. The maximum Gasteiger partial charge on any atom is 0.0991 e. The average Bonchev–Trinajstić information content (AvgIpc) is 2.13. The van der Waals surface area contributed by atoms with Gasteiger partial charge in [-0.15, -0.1) is 0 Å². The lowest BCUT2D eigenvalue weighted by Crippen LogP contribution is -2.26. The summed E-state index contributed by atoms with van der Waals surface area (Å²) < 4.78 is 0. The molecule has 0 aliphatic heterocycles. The summed E-state index contributed by atoms with van der Waals surface area (Å²) in [6.07, 6.45) is 1.56. The van der Waals surface area contributed by atoms with Crippen LogP contribution in [0.25, 0.3) is 0 Å². The van der Waals surface area contributed by atoms with Crippen LogP contribution in [0.5, 0.6) is 0 Å². The fraction of sp³-hybridized carbons (Fsp3) is 0.364. The molecule has 2 nitrogen and oxygen atoms in total. The van der Waals surface area contributed by atoms with E-state index in [1.54, 1.807) is 6.07 Å². The molecule has 1 aromatic rings. The summed E-state index contributed by atoms with van der Waals surface area (Å²) in [5.41, 5.74) is 1.89. The monoisotopic (exact) mass is 173 g/mol. The maximum absolute atomic E-state index is 9.14. The van der Waals surface area contributed by atoms with E-state index in [1.807, 2.05) is 18.2 Å². The van der Waals surface area contributed by atoms with Gasteiger partial charge in [-0.25, -0.2) is 0 Å². The molecule has 0 spiro atoms. The zero-order valence-corrected chi connectivity index (χ0v) is 7.27. The third kappa shape index (κ3) is 1.56. The lowest BCUT2D eigenvalue weighted by molar-refractivity contribution is 0.0746. The molecular formula is C11H11NO. The second kappa shape index (κ2) is 3.20. The Balaban J connectivity index is 2.18. The van der Waals surface area contributed by atoms with Gasteiger partial charge >= 0.3 is 0 Å². The summed E-state index contributed by atoms with van der Waals surface area (Å²) in [5, 5.41) is 17.8. The van der Waals surface area contributed by atoms with Crippen LogP contribution in [0.4, 0.5) is 0 Å². The van der Waals surface area contributed by atoms with Gasteiger partial charge in [-0.2, -0.15) is 5.26 Å². The Kier molecular flexibility index (Phi) is 2.03. The molecular weight excluding hydrogens is 162 g/mol.